The minimum atomic E-state index is -0.613. The summed E-state index contributed by atoms with van der Waals surface area (Å²) in [6, 6.07) is 17.3. The van der Waals surface area contributed by atoms with Crippen LogP contribution in [-0.4, -0.2) is 24.6 Å². The van der Waals surface area contributed by atoms with Crippen molar-refractivity contribution in [2.45, 2.75) is 6.92 Å². The van der Waals surface area contributed by atoms with E-state index in [1.54, 1.807) is 48.5 Å². The lowest BCUT2D eigenvalue weighted by Gasteiger charge is -2.08. The Kier molecular flexibility index (Phi) is 5.43. The predicted octanol–water partition coefficient (Wildman–Crippen LogP) is 5.05. The highest BCUT2D eigenvalue weighted by Gasteiger charge is 2.26. The molecule has 0 fully saturated rings. The molecule has 164 valence electrons. The maximum atomic E-state index is 12.6. The highest BCUT2D eigenvalue weighted by atomic mass is 79.9. The number of benzene rings is 3. The summed E-state index contributed by atoms with van der Waals surface area (Å²) in [4.78, 5) is 29.4. The first-order chi connectivity index (χ1) is 16.0. The molecule has 0 N–H and O–H groups in total. The highest BCUT2D eigenvalue weighted by Crippen LogP contribution is 2.34. The second kappa shape index (κ2) is 8.55. The van der Waals surface area contributed by atoms with Crippen molar-refractivity contribution in [3.8, 4) is 17.2 Å². The fourth-order valence-corrected chi connectivity index (χ4v) is 3.66. The molecule has 0 atom stereocenters. The van der Waals surface area contributed by atoms with E-state index in [4.69, 9.17) is 18.9 Å². The second-order valence-electron chi connectivity index (χ2n) is 7.34. The van der Waals surface area contributed by atoms with Crippen LogP contribution >= 0.6 is 15.9 Å². The van der Waals surface area contributed by atoms with Gasteiger partial charge in [-0.25, -0.2) is 14.6 Å². The van der Waals surface area contributed by atoms with Crippen LogP contribution in [0.2, 0.25) is 0 Å². The van der Waals surface area contributed by atoms with E-state index in [0.717, 1.165) is 10.0 Å². The molecule has 0 saturated carbocycles. The van der Waals surface area contributed by atoms with Crippen LogP contribution in [-0.2, 0) is 9.53 Å². The van der Waals surface area contributed by atoms with Crippen LogP contribution in [0.3, 0.4) is 0 Å². The van der Waals surface area contributed by atoms with Crippen LogP contribution in [0, 0.1) is 6.92 Å². The molecule has 0 radical (unpaired) electrons. The number of fused-ring (bicyclic) bond motifs is 1. The number of cyclic esters (lactones) is 1. The SMILES string of the molecule is Cc1ccc(C(=O)Oc2ccc(Br)cc2/C=C2/N=C(c3ccc4c(c3)OCO4)OC2=O)cc1. The molecule has 8 heteroatoms. The Morgan fingerprint density at radius 1 is 1.03 bits per heavy atom. The van der Waals surface area contributed by atoms with Crippen LogP contribution in [0.25, 0.3) is 6.08 Å². The quantitative estimate of drug-likeness (QED) is 0.280. The van der Waals surface area contributed by atoms with Gasteiger partial charge in [0, 0.05) is 15.6 Å². The Hall–Kier alpha value is -3.91. The first-order valence-corrected chi connectivity index (χ1v) is 10.8. The van der Waals surface area contributed by atoms with Gasteiger partial charge in [0.2, 0.25) is 12.7 Å². The van der Waals surface area contributed by atoms with Gasteiger partial charge in [0.25, 0.3) is 0 Å². The van der Waals surface area contributed by atoms with Gasteiger partial charge in [0.05, 0.1) is 5.56 Å². The standard InChI is InChI=1S/C25H16BrNO6/c1-14-2-4-15(5-3-14)24(28)32-20-9-7-18(26)10-17(20)11-19-25(29)33-23(27-19)16-6-8-21-22(12-16)31-13-30-21/h2-12H,13H2,1H3/b19-11+. The minimum absolute atomic E-state index is 0.0772. The average molecular weight is 506 g/mol. The molecule has 0 amide bonds. The smallest absolute Gasteiger partial charge is 0.363 e. The van der Waals surface area contributed by atoms with E-state index in [1.807, 2.05) is 19.1 Å². The normalized spacial score (nSPS) is 15.4. The molecule has 3 aromatic rings. The molecular formula is C25H16BrNO6. The van der Waals surface area contributed by atoms with Crippen molar-refractivity contribution in [1.82, 2.24) is 0 Å². The van der Waals surface area contributed by atoms with E-state index in [1.165, 1.54) is 6.08 Å². The third-order valence-electron chi connectivity index (χ3n) is 4.99. The lowest BCUT2D eigenvalue weighted by atomic mass is 10.1. The van der Waals surface area contributed by atoms with E-state index in [0.29, 0.717) is 28.2 Å². The third-order valence-corrected chi connectivity index (χ3v) is 5.49. The zero-order chi connectivity index (χ0) is 22.9. The predicted molar refractivity (Wildman–Crippen MR) is 123 cm³/mol. The maximum Gasteiger partial charge on any atom is 0.363 e. The number of ether oxygens (including phenoxy) is 4. The van der Waals surface area contributed by atoms with E-state index in [-0.39, 0.29) is 24.1 Å². The first kappa shape index (κ1) is 21.0. The van der Waals surface area contributed by atoms with Gasteiger partial charge in [-0.05, 0) is 61.5 Å². The van der Waals surface area contributed by atoms with Crippen molar-refractivity contribution < 1.29 is 28.5 Å². The van der Waals surface area contributed by atoms with Crippen molar-refractivity contribution >= 4 is 39.8 Å². The minimum Gasteiger partial charge on any atom is -0.454 e. The number of halogens is 1. The molecule has 0 spiro atoms. The third kappa shape index (κ3) is 4.38. The molecule has 0 saturated heterocycles. The molecular weight excluding hydrogens is 490 g/mol. The van der Waals surface area contributed by atoms with Crippen molar-refractivity contribution in [2.24, 2.45) is 4.99 Å². The fraction of sp³-hybridized carbons (Fsp3) is 0.0800. The number of rotatable bonds is 4. The molecule has 3 aromatic carbocycles. The molecule has 5 rings (SSSR count). The molecule has 0 aliphatic carbocycles. The molecule has 0 unspecified atom stereocenters. The number of carbonyl (C=O) groups excluding carboxylic acids is 2. The summed E-state index contributed by atoms with van der Waals surface area (Å²) in [5.74, 6) is 0.497. The lowest BCUT2D eigenvalue weighted by Crippen LogP contribution is -2.09. The zero-order valence-corrected chi connectivity index (χ0v) is 18.9. The molecule has 33 heavy (non-hydrogen) atoms. The number of hydrogen-bond donors (Lipinski definition) is 0. The average Bonchev–Trinajstić information content (AvgIpc) is 3.42. The number of aryl methyl sites for hydroxylation is 1. The molecule has 7 nitrogen and oxygen atoms in total. The molecule has 2 heterocycles. The molecule has 0 aromatic heterocycles. The first-order valence-electron chi connectivity index (χ1n) is 9.97. The van der Waals surface area contributed by atoms with Gasteiger partial charge < -0.3 is 18.9 Å². The summed E-state index contributed by atoms with van der Waals surface area (Å²) in [7, 11) is 0. The summed E-state index contributed by atoms with van der Waals surface area (Å²) < 4.78 is 22.4. The van der Waals surface area contributed by atoms with Crippen LogP contribution in [0.1, 0.15) is 27.0 Å². The van der Waals surface area contributed by atoms with Crippen LogP contribution < -0.4 is 14.2 Å². The number of carbonyl (C=O) groups is 2. The Morgan fingerprint density at radius 2 is 1.82 bits per heavy atom. The number of nitrogens with zero attached hydrogens (tertiary/aromatic N) is 1. The number of aliphatic imine (C=N–C) groups is 1. The summed E-state index contributed by atoms with van der Waals surface area (Å²) in [6.07, 6.45) is 1.52. The van der Waals surface area contributed by atoms with Crippen molar-refractivity contribution in [2.75, 3.05) is 6.79 Å². The maximum absolute atomic E-state index is 12.6. The summed E-state index contributed by atoms with van der Waals surface area (Å²) in [6.45, 7) is 2.08. The molecule has 2 aliphatic rings. The van der Waals surface area contributed by atoms with E-state index < -0.39 is 11.9 Å². The Balaban J connectivity index is 1.44. The summed E-state index contributed by atoms with van der Waals surface area (Å²) in [5, 5.41) is 0. The monoisotopic (exact) mass is 505 g/mol. The Labute approximate surface area is 197 Å². The summed E-state index contributed by atoms with van der Waals surface area (Å²) in [5.41, 5.74) is 2.61. The van der Waals surface area contributed by atoms with E-state index in [2.05, 4.69) is 20.9 Å². The van der Waals surface area contributed by atoms with Crippen LogP contribution in [0.15, 0.2) is 75.8 Å². The second-order valence-corrected chi connectivity index (χ2v) is 8.26. The van der Waals surface area contributed by atoms with E-state index in [9.17, 15) is 9.59 Å². The molecule has 0 bridgehead atoms. The number of esters is 2. The highest BCUT2D eigenvalue weighted by molar-refractivity contribution is 9.10. The van der Waals surface area contributed by atoms with Gasteiger partial charge in [-0.15, -0.1) is 0 Å². The van der Waals surface area contributed by atoms with Gasteiger partial charge in [-0.1, -0.05) is 33.6 Å². The van der Waals surface area contributed by atoms with Gasteiger partial charge in [0.1, 0.15) is 5.75 Å². The van der Waals surface area contributed by atoms with Crippen molar-refractivity contribution in [3.05, 3.63) is 93.1 Å². The van der Waals surface area contributed by atoms with Crippen LogP contribution in [0.4, 0.5) is 0 Å². The van der Waals surface area contributed by atoms with Crippen molar-refractivity contribution in [1.29, 1.82) is 0 Å². The Bertz CT molecular complexity index is 1340. The van der Waals surface area contributed by atoms with Gasteiger partial charge in [-0.3, -0.25) is 0 Å². The summed E-state index contributed by atoms with van der Waals surface area (Å²) >= 11 is 3.41. The largest absolute Gasteiger partial charge is 0.454 e. The van der Waals surface area contributed by atoms with Crippen LogP contribution in [0.5, 0.6) is 17.2 Å². The van der Waals surface area contributed by atoms with Gasteiger partial charge >= 0.3 is 11.9 Å². The molecule has 2 aliphatic heterocycles. The van der Waals surface area contributed by atoms with Gasteiger partial charge in [-0.2, -0.15) is 0 Å². The number of hydrogen-bond acceptors (Lipinski definition) is 7. The Morgan fingerprint density at radius 3 is 2.64 bits per heavy atom. The fourth-order valence-electron chi connectivity index (χ4n) is 3.28. The topological polar surface area (TPSA) is 83.4 Å². The van der Waals surface area contributed by atoms with Crippen molar-refractivity contribution in [3.63, 3.8) is 0 Å². The van der Waals surface area contributed by atoms with Gasteiger partial charge in [0.15, 0.2) is 17.2 Å². The van der Waals surface area contributed by atoms with E-state index >= 15 is 0 Å². The lowest BCUT2D eigenvalue weighted by molar-refractivity contribution is -0.129. The zero-order valence-electron chi connectivity index (χ0n) is 17.3.